The zero-order valence-corrected chi connectivity index (χ0v) is 13.1. The quantitative estimate of drug-likeness (QED) is 0.910. The van der Waals surface area contributed by atoms with Crippen molar-refractivity contribution in [1.82, 2.24) is 10.2 Å². The second kappa shape index (κ2) is 7.05. The molecule has 0 spiro atoms. The molecule has 2 atom stereocenters. The minimum absolute atomic E-state index is 0.143. The number of hydrogen-bond acceptors (Lipinski definition) is 3. The van der Waals surface area contributed by atoms with Crippen molar-refractivity contribution < 1.29 is 5.11 Å². The molecule has 0 saturated carbocycles. The number of rotatable bonds is 4. The van der Waals surface area contributed by atoms with Gasteiger partial charge >= 0.3 is 0 Å². The fourth-order valence-corrected chi connectivity index (χ4v) is 3.07. The lowest BCUT2D eigenvalue weighted by Gasteiger charge is -2.35. The molecule has 3 heteroatoms. The predicted octanol–water partition coefficient (Wildman–Crippen LogP) is 2.68. The van der Waals surface area contributed by atoms with Gasteiger partial charge in [0.15, 0.2) is 0 Å². The van der Waals surface area contributed by atoms with Crippen molar-refractivity contribution >= 4 is 0 Å². The summed E-state index contributed by atoms with van der Waals surface area (Å²) in [5.41, 5.74) is 3.38. The van der Waals surface area contributed by atoms with Gasteiger partial charge in [0.05, 0.1) is 6.10 Å². The molecule has 2 aromatic carbocycles. The highest BCUT2D eigenvalue weighted by molar-refractivity contribution is 5.63. The van der Waals surface area contributed by atoms with Crippen molar-refractivity contribution in [3.05, 3.63) is 60.2 Å². The van der Waals surface area contributed by atoms with Crippen LogP contribution in [-0.2, 0) is 0 Å². The van der Waals surface area contributed by atoms with Crippen LogP contribution in [-0.4, -0.2) is 42.2 Å². The van der Waals surface area contributed by atoms with Crippen molar-refractivity contribution in [2.24, 2.45) is 0 Å². The standard InChI is InChI=1S/C19H24N2O/c1-15(21-13-11-20-12-14-21)19(22)18-9-7-17(8-10-18)16-5-3-2-4-6-16/h2-10,15,19-20,22H,11-14H2,1H3. The van der Waals surface area contributed by atoms with Crippen LogP contribution in [0.1, 0.15) is 18.6 Å². The van der Waals surface area contributed by atoms with Gasteiger partial charge in [-0.25, -0.2) is 0 Å². The summed E-state index contributed by atoms with van der Waals surface area (Å²) in [6.07, 6.45) is -0.442. The van der Waals surface area contributed by atoms with Crippen molar-refractivity contribution in [2.75, 3.05) is 26.2 Å². The van der Waals surface area contributed by atoms with Gasteiger partial charge in [-0.3, -0.25) is 4.90 Å². The molecule has 116 valence electrons. The lowest BCUT2D eigenvalue weighted by atomic mass is 9.98. The van der Waals surface area contributed by atoms with Crippen molar-refractivity contribution in [2.45, 2.75) is 19.1 Å². The topological polar surface area (TPSA) is 35.5 Å². The Kier molecular flexibility index (Phi) is 4.88. The van der Waals surface area contributed by atoms with Gasteiger partial charge in [0.2, 0.25) is 0 Å². The Balaban J connectivity index is 1.71. The number of hydrogen-bond donors (Lipinski definition) is 2. The van der Waals surface area contributed by atoms with E-state index in [-0.39, 0.29) is 6.04 Å². The summed E-state index contributed by atoms with van der Waals surface area (Å²) in [7, 11) is 0. The molecular formula is C19H24N2O. The van der Waals surface area contributed by atoms with Gasteiger partial charge in [-0.05, 0) is 23.6 Å². The monoisotopic (exact) mass is 296 g/mol. The Morgan fingerprint density at radius 2 is 1.50 bits per heavy atom. The third-order valence-corrected chi connectivity index (χ3v) is 4.54. The van der Waals surface area contributed by atoms with E-state index in [0.29, 0.717) is 0 Å². The molecule has 22 heavy (non-hydrogen) atoms. The first-order valence-corrected chi connectivity index (χ1v) is 8.04. The van der Waals surface area contributed by atoms with Crippen LogP contribution in [0.15, 0.2) is 54.6 Å². The van der Waals surface area contributed by atoms with Gasteiger partial charge in [-0.1, -0.05) is 54.6 Å². The molecule has 2 aromatic rings. The van der Waals surface area contributed by atoms with Crippen LogP contribution in [0.4, 0.5) is 0 Å². The van der Waals surface area contributed by atoms with Crippen LogP contribution in [0, 0.1) is 0 Å². The molecule has 2 N–H and O–H groups in total. The van der Waals surface area contributed by atoms with E-state index in [2.05, 4.69) is 41.4 Å². The molecule has 1 fully saturated rings. The Bertz CT molecular complexity index is 576. The van der Waals surface area contributed by atoms with Gasteiger partial charge in [0.25, 0.3) is 0 Å². The third-order valence-electron chi connectivity index (χ3n) is 4.54. The third kappa shape index (κ3) is 3.38. The Morgan fingerprint density at radius 1 is 0.909 bits per heavy atom. The van der Waals surface area contributed by atoms with Gasteiger partial charge in [0, 0.05) is 32.2 Å². The summed E-state index contributed by atoms with van der Waals surface area (Å²) in [5.74, 6) is 0. The van der Waals surface area contributed by atoms with Crippen LogP contribution >= 0.6 is 0 Å². The molecule has 2 unspecified atom stereocenters. The zero-order valence-electron chi connectivity index (χ0n) is 13.1. The highest BCUT2D eigenvalue weighted by atomic mass is 16.3. The molecule has 1 aliphatic heterocycles. The minimum atomic E-state index is -0.442. The lowest BCUT2D eigenvalue weighted by Crippen LogP contribution is -2.49. The summed E-state index contributed by atoms with van der Waals surface area (Å²) in [5, 5.41) is 14.0. The molecule has 0 aromatic heterocycles. The molecule has 1 aliphatic rings. The van der Waals surface area contributed by atoms with Gasteiger partial charge < -0.3 is 10.4 Å². The zero-order chi connectivity index (χ0) is 15.4. The van der Waals surface area contributed by atoms with Gasteiger partial charge in [-0.2, -0.15) is 0 Å². The number of nitrogens with zero attached hydrogens (tertiary/aromatic N) is 1. The molecule has 0 radical (unpaired) electrons. The summed E-state index contributed by atoms with van der Waals surface area (Å²) >= 11 is 0. The maximum absolute atomic E-state index is 10.6. The number of aliphatic hydroxyl groups is 1. The van der Waals surface area contributed by atoms with Crippen LogP contribution in [0.5, 0.6) is 0 Å². The predicted molar refractivity (Wildman–Crippen MR) is 90.7 cm³/mol. The smallest absolute Gasteiger partial charge is 0.0942 e. The number of piperazine rings is 1. The maximum Gasteiger partial charge on any atom is 0.0942 e. The van der Waals surface area contributed by atoms with Gasteiger partial charge in [0.1, 0.15) is 0 Å². The molecule has 1 heterocycles. The molecule has 1 saturated heterocycles. The summed E-state index contributed by atoms with van der Waals surface area (Å²) in [4.78, 5) is 2.35. The van der Waals surface area contributed by atoms with Crippen molar-refractivity contribution in [3.63, 3.8) is 0 Å². The first kappa shape index (κ1) is 15.2. The maximum atomic E-state index is 10.6. The Hall–Kier alpha value is -1.68. The van der Waals surface area contributed by atoms with Crippen LogP contribution in [0.2, 0.25) is 0 Å². The SMILES string of the molecule is CC(C(O)c1ccc(-c2ccccc2)cc1)N1CCNCC1. The summed E-state index contributed by atoms with van der Waals surface area (Å²) in [6.45, 7) is 6.12. The molecule has 3 nitrogen and oxygen atoms in total. The number of benzene rings is 2. The molecule has 3 rings (SSSR count). The van der Waals surface area contributed by atoms with Gasteiger partial charge in [-0.15, -0.1) is 0 Å². The largest absolute Gasteiger partial charge is 0.387 e. The fourth-order valence-electron chi connectivity index (χ4n) is 3.07. The first-order valence-electron chi connectivity index (χ1n) is 8.04. The molecule has 0 aliphatic carbocycles. The summed E-state index contributed by atoms with van der Waals surface area (Å²) in [6, 6.07) is 18.8. The van der Waals surface area contributed by atoms with E-state index >= 15 is 0 Å². The average molecular weight is 296 g/mol. The van der Waals surface area contributed by atoms with E-state index in [1.54, 1.807) is 0 Å². The van der Waals surface area contributed by atoms with Crippen molar-refractivity contribution in [1.29, 1.82) is 0 Å². The average Bonchev–Trinajstić information content (AvgIpc) is 2.62. The molecule has 0 bridgehead atoms. The fraction of sp³-hybridized carbons (Fsp3) is 0.368. The Morgan fingerprint density at radius 3 is 2.14 bits per heavy atom. The lowest BCUT2D eigenvalue weighted by molar-refractivity contribution is 0.0510. The highest BCUT2D eigenvalue weighted by Gasteiger charge is 2.24. The second-order valence-corrected chi connectivity index (χ2v) is 5.96. The van der Waals surface area contributed by atoms with Crippen LogP contribution in [0.3, 0.4) is 0 Å². The van der Waals surface area contributed by atoms with E-state index in [9.17, 15) is 5.11 Å². The second-order valence-electron chi connectivity index (χ2n) is 5.96. The van der Waals surface area contributed by atoms with E-state index in [1.807, 2.05) is 30.3 Å². The number of aliphatic hydroxyl groups excluding tert-OH is 1. The first-order chi connectivity index (χ1) is 10.8. The molecule has 0 amide bonds. The van der Waals surface area contributed by atoms with Crippen LogP contribution in [0.25, 0.3) is 11.1 Å². The Labute approximate surface area is 132 Å². The molecular weight excluding hydrogens is 272 g/mol. The normalized spacial score (nSPS) is 18.8. The van der Waals surface area contributed by atoms with E-state index in [4.69, 9.17) is 0 Å². The van der Waals surface area contributed by atoms with Crippen molar-refractivity contribution in [3.8, 4) is 11.1 Å². The summed E-state index contributed by atoms with van der Waals surface area (Å²) < 4.78 is 0. The number of nitrogens with one attached hydrogen (secondary N) is 1. The van der Waals surface area contributed by atoms with Crippen LogP contribution < -0.4 is 5.32 Å². The van der Waals surface area contributed by atoms with E-state index in [1.165, 1.54) is 11.1 Å². The van der Waals surface area contributed by atoms with E-state index < -0.39 is 6.10 Å². The highest BCUT2D eigenvalue weighted by Crippen LogP contribution is 2.25. The van der Waals surface area contributed by atoms with E-state index in [0.717, 1.165) is 31.7 Å². The minimum Gasteiger partial charge on any atom is -0.387 e.